The second kappa shape index (κ2) is 10.0. The number of rotatable bonds is 9. The van der Waals surface area contributed by atoms with Crippen LogP contribution in [0.25, 0.3) is 0 Å². The van der Waals surface area contributed by atoms with E-state index in [1.807, 2.05) is 11.8 Å². The summed E-state index contributed by atoms with van der Waals surface area (Å²) in [6.45, 7) is 2.89. The SMILES string of the molecule is CCCOc1ccc([C](CBr)c2ccccc2CCSC)cc1. The Morgan fingerprint density at radius 2 is 1.83 bits per heavy atom. The van der Waals surface area contributed by atoms with E-state index in [4.69, 9.17) is 4.74 Å². The quantitative estimate of drug-likeness (QED) is 0.503. The predicted molar refractivity (Wildman–Crippen MR) is 106 cm³/mol. The third-order valence-corrected chi connectivity index (χ3v) is 4.90. The Morgan fingerprint density at radius 3 is 2.48 bits per heavy atom. The molecule has 2 aromatic rings. The summed E-state index contributed by atoms with van der Waals surface area (Å²) in [4.78, 5) is 0. The van der Waals surface area contributed by atoms with Gasteiger partial charge in [-0.25, -0.2) is 0 Å². The normalized spacial score (nSPS) is 11.0. The van der Waals surface area contributed by atoms with Gasteiger partial charge < -0.3 is 4.74 Å². The van der Waals surface area contributed by atoms with Crippen LogP contribution in [0.15, 0.2) is 48.5 Å². The van der Waals surface area contributed by atoms with E-state index in [9.17, 15) is 0 Å². The summed E-state index contributed by atoms with van der Waals surface area (Å²) in [5.41, 5.74) is 4.02. The van der Waals surface area contributed by atoms with Crippen LogP contribution in [0.4, 0.5) is 0 Å². The topological polar surface area (TPSA) is 9.23 Å². The minimum Gasteiger partial charge on any atom is -0.494 e. The maximum Gasteiger partial charge on any atom is 0.119 e. The number of hydrogen-bond donors (Lipinski definition) is 0. The van der Waals surface area contributed by atoms with E-state index in [2.05, 4.69) is 77.6 Å². The van der Waals surface area contributed by atoms with Gasteiger partial charge in [0.05, 0.1) is 6.61 Å². The van der Waals surface area contributed by atoms with Gasteiger partial charge in [0.1, 0.15) is 5.75 Å². The number of halogens is 1. The van der Waals surface area contributed by atoms with Gasteiger partial charge >= 0.3 is 0 Å². The first kappa shape index (κ1) is 18.4. The average Bonchev–Trinajstić information content (AvgIpc) is 2.61. The van der Waals surface area contributed by atoms with Gasteiger partial charge in [-0.2, -0.15) is 11.8 Å². The third-order valence-electron chi connectivity index (χ3n) is 3.73. The Bertz CT molecular complexity index is 582. The summed E-state index contributed by atoms with van der Waals surface area (Å²) >= 11 is 5.57. The molecule has 0 atom stereocenters. The second-order valence-electron chi connectivity index (χ2n) is 5.38. The first-order chi connectivity index (χ1) is 11.3. The standard InChI is InChI=1S/C20H24BrOS/c1-3-13-22-18-10-8-17(9-11-18)20(15-21)19-7-5-4-6-16(19)12-14-23-2/h4-11H,3,12-15H2,1-2H3. The van der Waals surface area contributed by atoms with Crippen LogP contribution in [0, 0.1) is 5.92 Å². The molecule has 0 N–H and O–H groups in total. The summed E-state index contributed by atoms with van der Waals surface area (Å²) in [5.74, 6) is 3.43. The predicted octanol–water partition coefficient (Wildman–Crippen LogP) is 5.75. The maximum atomic E-state index is 5.68. The van der Waals surface area contributed by atoms with Crippen molar-refractivity contribution < 1.29 is 4.74 Å². The van der Waals surface area contributed by atoms with Crippen molar-refractivity contribution in [2.24, 2.45) is 0 Å². The van der Waals surface area contributed by atoms with E-state index < -0.39 is 0 Å². The molecule has 0 heterocycles. The lowest BCUT2D eigenvalue weighted by Gasteiger charge is -2.19. The molecule has 0 aliphatic rings. The molecule has 2 aromatic carbocycles. The van der Waals surface area contributed by atoms with Gasteiger partial charge in [0.2, 0.25) is 0 Å². The number of aryl methyl sites for hydroxylation is 1. The van der Waals surface area contributed by atoms with E-state index in [1.54, 1.807) is 0 Å². The first-order valence-electron chi connectivity index (χ1n) is 8.02. The van der Waals surface area contributed by atoms with Crippen molar-refractivity contribution in [3.05, 3.63) is 71.1 Å². The Labute approximate surface area is 153 Å². The molecule has 2 rings (SSSR count). The summed E-state index contributed by atoms with van der Waals surface area (Å²) in [7, 11) is 0. The van der Waals surface area contributed by atoms with Crippen LogP contribution < -0.4 is 4.74 Å². The number of alkyl halides is 1. The molecule has 0 aliphatic heterocycles. The highest BCUT2D eigenvalue weighted by molar-refractivity contribution is 9.09. The molecule has 0 unspecified atom stereocenters. The largest absolute Gasteiger partial charge is 0.494 e. The van der Waals surface area contributed by atoms with Crippen molar-refractivity contribution in [3.63, 3.8) is 0 Å². The van der Waals surface area contributed by atoms with Crippen molar-refractivity contribution in [2.75, 3.05) is 23.9 Å². The summed E-state index contributed by atoms with van der Waals surface area (Å²) in [6, 6.07) is 17.2. The zero-order chi connectivity index (χ0) is 16.5. The molecule has 123 valence electrons. The molecule has 0 spiro atoms. The van der Waals surface area contributed by atoms with E-state index in [0.717, 1.165) is 36.3 Å². The van der Waals surface area contributed by atoms with Gasteiger partial charge in [-0.3, -0.25) is 0 Å². The van der Waals surface area contributed by atoms with Crippen LogP contribution in [-0.4, -0.2) is 23.9 Å². The molecular formula is C20H24BrOS. The lowest BCUT2D eigenvalue weighted by atomic mass is 9.89. The third kappa shape index (κ3) is 5.29. The Morgan fingerprint density at radius 1 is 1.09 bits per heavy atom. The zero-order valence-corrected chi connectivity index (χ0v) is 16.3. The van der Waals surface area contributed by atoms with Crippen LogP contribution in [0.1, 0.15) is 30.0 Å². The highest BCUT2D eigenvalue weighted by Crippen LogP contribution is 2.30. The van der Waals surface area contributed by atoms with Crippen molar-refractivity contribution in [1.29, 1.82) is 0 Å². The van der Waals surface area contributed by atoms with Crippen molar-refractivity contribution in [3.8, 4) is 5.75 Å². The highest BCUT2D eigenvalue weighted by atomic mass is 79.9. The van der Waals surface area contributed by atoms with Crippen molar-refractivity contribution >= 4 is 27.7 Å². The van der Waals surface area contributed by atoms with Gasteiger partial charge in [0.25, 0.3) is 0 Å². The fourth-order valence-corrected chi connectivity index (χ4v) is 3.57. The molecular weight excluding hydrogens is 368 g/mol. The lowest BCUT2D eigenvalue weighted by molar-refractivity contribution is 0.317. The van der Waals surface area contributed by atoms with E-state index in [1.165, 1.54) is 22.6 Å². The van der Waals surface area contributed by atoms with Gasteiger partial charge in [-0.05, 0) is 53.7 Å². The average molecular weight is 392 g/mol. The fourth-order valence-electron chi connectivity index (χ4n) is 2.52. The fraction of sp³-hybridized carbons (Fsp3) is 0.350. The van der Waals surface area contributed by atoms with Crippen LogP contribution in [0.2, 0.25) is 0 Å². The first-order valence-corrected chi connectivity index (χ1v) is 10.5. The smallest absolute Gasteiger partial charge is 0.119 e. The Balaban J connectivity index is 2.22. The highest BCUT2D eigenvalue weighted by Gasteiger charge is 2.17. The molecule has 23 heavy (non-hydrogen) atoms. The number of thioether (sulfide) groups is 1. The van der Waals surface area contributed by atoms with Gasteiger partial charge in [0, 0.05) is 11.2 Å². The molecule has 0 saturated heterocycles. The molecule has 0 fully saturated rings. The molecule has 1 radical (unpaired) electrons. The summed E-state index contributed by atoms with van der Waals surface area (Å²) in [6.07, 6.45) is 4.29. The minimum atomic E-state index is 0.770. The molecule has 1 nitrogen and oxygen atoms in total. The summed E-state index contributed by atoms with van der Waals surface area (Å²) in [5, 5.41) is 0.846. The van der Waals surface area contributed by atoms with E-state index in [0.29, 0.717) is 0 Å². The number of ether oxygens (including phenoxy) is 1. The Kier molecular flexibility index (Phi) is 8.04. The van der Waals surface area contributed by atoms with Gasteiger partial charge in [-0.15, -0.1) is 0 Å². The molecule has 0 aliphatic carbocycles. The van der Waals surface area contributed by atoms with E-state index >= 15 is 0 Å². The van der Waals surface area contributed by atoms with E-state index in [-0.39, 0.29) is 0 Å². The van der Waals surface area contributed by atoms with Crippen molar-refractivity contribution in [2.45, 2.75) is 19.8 Å². The van der Waals surface area contributed by atoms with Crippen LogP contribution in [0.3, 0.4) is 0 Å². The van der Waals surface area contributed by atoms with Crippen LogP contribution >= 0.6 is 27.7 Å². The molecule has 0 bridgehead atoms. The monoisotopic (exact) mass is 391 g/mol. The molecule has 0 aromatic heterocycles. The molecule has 0 saturated carbocycles. The second-order valence-corrected chi connectivity index (χ2v) is 6.93. The molecule has 0 amide bonds. The minimum absolute atomic E-state index is 0.770. The van der Waals surface area contributed by atoms with Gasteiger partial charge in [0.15, 0.2) is 0 Å². The van der Waals surface area contributed by atoms with Crippen molar-refractivity contribution in [1.82, 2.24) is 0 Å². The number of benzene rings is 2. The molecule has 3 heteroatoms. The Hall–Kier alpha value is -0.930. The maximum absolute atomic E-state index is 5.68. The number of hydrogen-bond acceptors (Lipinski definition) is 2. The van der Waals surface area contributed by atoms with Gasteiger partial charge in [-0.1, -0.05) is 59.3 Å². The lowest BCUT2D eigenvalue weighted by Crippen LogP contribution is -2.08. The zero-order valence-electron chi connectivity index (χ0n) is 13.8. The van der Waals surface area contributed by atoms with Crippen LogP contribution in [0.5, 0.6) is 5.75 Å². The summed E-state index contributed by atoms with van der Waals surface area (Å²) < 4.78 is 5.68. The van der Waals surface area contributed by atoms with Crippen LogP contribution in [-0.2, 0) is 6.42 Å².